The molecular weight excluding hydrogens is 322 g/mol. The number of phenols is 1. The van der Waals surface area contributed by atoms with Crippen molar-refractivity contribution >= 4 is 18.0 Å². The minimum absolute atomic E-state index is 0.0236. The van der Waals surface area contributed by atoms with E-state index in [9.17, 15) is 5.11 Å². The molecule has 25 heavy (non-hydrogen) atoms. The van der Waals surface area contributed by atoms with Crippen molar-refractivity contribution in [3.63, 3.8) is 0 Å². The third kappa shape index (κ3) is 2.65. The second-order valence-electron chi connectivity index (χ2n) is 5.82. The van der Waals surface area contributed by atoms with E-state index in [1.54, 1.807) is 12.1 Å². The topological polar surface area (TPSA) is 82.7 Å². The summed E-state index contributed by atoms with van der Waals surface area (Å²) >= 11 is 0. The molecule has 0 unspecified atom stereocenters. The third-order valence-electron chi connectivity index (χ3n) is 4.34. The Bertz CT molecular complexity index is 980. The van der Waals surface area contributed by atoms with E-state index in [-0.39, 0.29) is 12.5 Å². The van der Waals surface area contributed by atoms with Gasteiger partial charge in [-0.25, -0.2) is 0 Å². The molecule has 2 heterocycles. The van der Waals surface area contributed by atoms with E-state index in [0.29, 0.717) is 35.5 Å². The average molecular weight is 340 g/mol. The Morgan fingerprint density at radius 3 is 2.76 bits per heavy atom. The van der Waals surface area contributed by atoms with Crippen LogP contribution in [0.5, 0.6) is 23.0 Å². The molecule has 3 N–H and O–H groups in total. The molecule has 2 aliphatic heterocycles. The predicted molar refractivity (Wildman–Crippen MR) is 91.1 cm³/mol. The molecule has 0 amide bonds. The van der Waals surface area contributed by atoms with Crippen LogP contribution < -0.4 is 30.1 Å². The fraction of sp³-hybridized carbons (Fsp3) is 0.211. The van der Waals surface area contributed by atoms with Crippen LogP contribution in [0.4, 0.5) is 0 Å². The maximum absolute atomic E-state index is 10.4. The van der Waals surface area contributed by atoms with E-state index in [1.807, 2.05) is 18.2 Å². The van der Waals surface area contributed by atoms with Crippen LogP contribution in [-0.4, -0.2) is 31.3 Å². The monoisotopic (exact) mass is 340 g/mol. The van der Waals surface area contributed by atoms with Gasteiger partial charge in [-0.2, -0.15) is 0 Å². The SMILES string of the molecule is COc1ccc2/c(c1O)=C\OCCc1cc3c(cc1C(=[NH2+])\C=2)OCO3. The van der Waals surface area contributed by atoms with Gasteiger partial charge in [0.05, 0.1) is 30.8 Å². The van der Waals surface area contributed by atoms with Gasteiger partial charge in [-0.15, -0.1) is 0 Å². The fourth-order valence-corrected chi connectivity index (χ4v) is 3.03. The van der Waals surface area contributed by atoms with Crippen LogP contribution in [-0.2, 0) is 11.2 Å². The van der Waals surface area contributed by atoms with Gasteiger partial charge in [-0.05, 0) is 29.0 Å². The molecule has 0 fully saturated rings. The van der Waals surface area contributed by atoms with E-state index in [0.717, 1.165) is 22.1 Å². The highest BCUT2D eigenvalue weighted by Gasteiger charge is 2.21. The molecule has 4 rings (SSSR count). The average Bonchev–Trinajstić information content (AvgIpc) is 3.07. The number of phenolic OH excluding ortho intramolecular Hbond substituents is 1. The Hall–Kier alpha value is -3.15. The molecule has 0 aliphatic carbocycles. The number of hydrogen-bond donors (Lipinski definition) is 2. The molecule has 0 saturated heterocycles. The summed E-state index contributed by atoms with van der Waals surface area (Å²) in [4.78, 5) is 0. The summed E-state index contributed by atoms with van der Waals surface area (Å²) < 4.78 is 21.7. The zero-order chi connectivity index (χ0) is 17.4. The zero-order valence-corrected chi connectivity index (χ0v) is 13.7. The van der Waals surface area contributed by atoms with Gasteiger partial charge in [-0.1, -0.05) is 6.07 Å². The fourth-order valence-electron chi connectivity index (χ4n) is 3.03. The Morgan fingerprint density at radius 2 is 1.96 bits per heavy atom. The maximum Gasteiger partial charge on any atom is 0.231 e. The lowest BCUT2D eigenvalue weighted by Crippen LogP contribution is -2.42. The van der Waals surface area contributed by atoms with Crippen molar-refractivity contribution in [1.29, 1.82) is 0 Å². The second kappa shape index (κ2) is 6.05. The van der Waals surface area contributed by atoms with Gasteiger partial charge in [0.15, 0.2) is 23.0 Å². The smallest absolute Gasteiger partial charge is 0.231 e. The molecule has 6 heteroatoms. The van der Waals surface area contributed by atoms with Gasteiger partial charge in [0.1, 0.15) is 0 Å². The standard InChI is InChI=1S/C19H17NO5/c1-22-16-3-2-11-6-15(20)13-8-18-17(24-10-25-18)7-12(13)4-5-23-9-14(11)19(16)21/h2-3,6-9,20-21H,4-5,10H2,1H3/p+1/b11-6-,14-9+,20-15?. The van der Waals surface area contributed by atoms with Crippen molar-refractivity contribution in [2.24, 2.45) is 0 Å². The molecule has 2 aliphatic rings. The Morgan fingerprint density at radius 1 is 1.16 bits per heavy atom. The number of rotatable bonds is 1. The normalized spacial score (nSPS) is 17.9. The van der Waals surface area contributed by atoms with Crippen molar-refractivity contribution < 1.29 is 29.5 Å². The van der Waals surface area contributed by atoms with Crippen LogP contribution in [0.3, 0.4) is 0 Å². The molecule has 0 radical (unpaired) electrons. The van der Waals surface area contributed by atoms with E-state index in [1.165, 1.54) is 13.4 Å². The molecule has 0 bridgehead atoms. The molecule has 128 valence electrons. The first kappa shape index (κ1) is 15.4. The quantitative estimate of drug-likeness (QED) is 0.729. The lowest BCUT2D eigenvalue weighted by molar-refractivity contribution is -0.109. The number of hydrogen-bond acceptors (Lipinski definition) is 5. The van der Waals surface area contributed by atoms with Gasteiger partial charge in [0, 0.05) is 12.5 Å². The van der Waals surface area contributed by atoms with Crippen molar-refractivity contribution in [2.75, 3.05) is 20.5 Å². The Kier molecular flexibility index (Phi) is 3.72. The van der Waals surface area contributed by atoms with E-state index >= 15 is 0 Å². The molecule has 2 aromatic rings. The summed E-state index contributed by atoms with van der Waals surface area (Å²) in [5, 5.41) is 18.0. The van der Waals surface area contributed by atoms with Gasteiger partial charge >= 0.3 is 0 Å². The van der Waals surface area contributed by atoms with Crippen molar-refractivity contribution in [3.05, 3.63) is 45.8 Å². The zero-order valence-electron chi connectivity index (χ0n) is 13.7. The van der Waals surface area contributed by atoms with Gasteiger partial charge in [-0.3, -0.25) is 5.41 Å². The van der Waals surface area contributed by atoms with Crippen molar-refractivity contribution in [2.45, 2.75) is 6.42 Å². The number of nitrogens with two attached hydrogens (primary N) is 1. The highest BCUT2D eigenvalue weighted by Crippen LogP contribution is 2.35. The summed E-state index contributed by atoms with van der Waals surface area (Å²) in [6, 6.07) is 7.35. The molecule has 0 saturated carbocycles. The van der Waals surface area contributed by atoms with E-state index in [2.05, 4.69) is 0 Å². The highest BCUT2D eigenvalue weighted by atomic mass is 16.7. The van der Waals surface area contributed by atoms with E-state index in [4.69, 9.17) is 24.4 Å². The minimum Gasteiger partial charge on any atom is -0.504 e. The number of benzene rings is 2. The first-order valence-electron chi connectivity index (χ1n) is 7.92. The first-order valence-corrected chi connectivity index (χ1v) is 7.92. The lowest BCUT2D eigenvalue weighted by atomic mass is 9.98. The summed E-state index contributed by atoms with van der Waals surface area (Å²) in [6.45, 7) is 0.651. The number of aromatic hydroxyl groups is 1. The number of fused-ring (bicyclic) bond motifs is 3. The summed E-state index contributed by atoms with van der Waals surface area (Å²) in [7, 11) is 1.51. The van der Waals surface area contributed by atoms with Crippen LogP contribution in [0.1, 0.15) is 11.1 Å². The molecule has 0 spiro atoms. The molecule has 2 aromatic carbocycles. The van der Waals surface area contributed by atoms with Crippen LogP contribution in [0.25, 0.3) is 12.3 Å². The highest BCUT2D eigenvalue weighted by molar-refractivity contribution is 6.18. The van der Waals surface area contributed by atoms with Crippen LogP contribution in [0, 0.1) is 0 Å². The summed E-state index contributed by atoms with van der Waals surface area (Å²) in [5.41, 5.74) is 2.47. The molecule has 6 nitrogen and oxygen atoms in total. The third-order valence-corrected chi connectivity index (χ3v) is 4.34. The Balaban J connectivity index is 1.91. The predicted octanol–water partition coefficient (Wildman–Crippen LogP) is -0.531. The summed E-state index contributed by atoms with van der Waals surface area (Å²) in [5.74, 6) is 1.80. The second-order valence-corrected chi connectivity index (χ2v) is 5.82. The summed E-state index contributed by atoms with van der Waals surface area (Å²) in [6.07, 6.45) is 3.99. The largest absolute Gasteiger partial charge is 0.504 e. The number of methoxy groups -OCH3 is 1. The van der Waals surface area contributed by atoms with Gasteiger partial charge in [0.2, 0.25) is 12.5 Å². The minimum atomic E-state index is 0.0236. The van der Waals surface area contributed by atoms with Crippen LogP contribution >= 0.6 is 0 Å². The number of ether oxygens (including phenoxy) is 4. The first-order chi connectivity index (χ1) is 12.2. The van der Waals surface area contributed by atoms with Crippen molar-refractivity contribution in [1.82, 2.24) is 0 Å². The molecule has 0 atom stereocenters. The van der Waals surface area contributed by atoms with Gasteiger partial charge < -0.3 is 24.1 Å². The molecule has 0 aromatic heterocycles. The van der Waals surface area contributed by atoms with Gasteiger partial charge in [0.25, 0.3) is 0 Å². The van der Waals surface area contributed by atoms with Crippen molar-refractivity contribution in [3.8, 4) is 23.0 Å². The maximum atomic E-state index is 10.4. The Labute approximate surface area is 144 Å². The lowest BCUT2D eigenvalue weighted by Gasteiger charge is -2.10. The van der Waals surface area contributed by atoms with E-state index < -0.39 is 0 Å². The molecular formula is C19H18NO5+. The van der Waals surface area contributed by atoms with Crippen LogP contribution in [0.15, 0.2) is 24.3 Å². The van der Waals surface area contributed by atoms with Crippen LogP contribution in [0.2, 0.25) is 0 Å².